The van der Waals surface area contributed by atoms with Gasteiger partial charge in [-0.2, -0.15) is 0 Å². The standard InChI is InChI=1S/C24H23N5O3/c30-22(17-28-12-14-29(15-13-28)24(32)21-16-25-10-11-26-21)27-20-9-5-4-8-19(20)23(31)18-6-2-1-3-7-18/h1-11,16H,12-15,17H2,(H,27,30). The zero-order valence-corrected chi connectivity index (χ0v) is 17.5. The first-order valence-corrected chi connectivity index (χ1v) is 10.4. The molecule has 0 aliphatic carbocycles. The van der Waals surface area contributed by atoms with Crippen LogP contribution in [0.2, 0.25) is 0 Å². The number of hydrogen-bond acceptors (Lipinski definition) is 6. The van der Waals surface area contributed by atoms with Gasteiger partial charge >= 0.3 is 0 Å². The molecule has 0 saturated carbocycles. The average Bonchev–Trinajstić information content (AvgIpc) is 2.85. The lowest BCUT2D eigenvalue weighted by atomic mass is 10.0. The first-order chi connectivity index (χ1) is 15.6. The summed E-state index contributed by atoms with van der Waals surface area (Å²) >= 11 is 0. The Labute approximate surface area is 185 Å². The number of amides is 2. The van der Waals surface area contributed by atoms with Crippen LogP contribution in [0.4, 0.5) is 5.69 Å². The third-order valence-corrected chi connectivity index (χ3v) is 5.29. The van der Waals surface area contributed by atoms with E-state index >= 15 is 0 Å². The van der Waals surface area contributed by atoms with Gasteiger partial charge in [-0.05, 0) is 12.1 Å². The SMILES string of the molecule is O=C(CN1CCN(C(=O)c2cnccn2)CC1)Nc1ccccc1C(=O)c1ccccc1. The third-order valence-electron chi connectivity index (χ3n) is 5.29. The molecule has 1 aromatic heterocycles. The number of para-hydroxylation sites is 1. The highest BCUT2D eigenvalue weighted by Gasteiger charge is 2.24. The number of aromatic nitrogens is 2. The fourth-order valence-corrected chi connectivity index (χ4v) is 3.61. The van der Waals surface area contributed by atoms with Gasteiger partial charge in [0.1, 0.15) is 5.69 Å². The number of rotatable bonds is 6. The van der Waals surface area contributed by atoms with E-state index in [1.54, 1.807) is 41.3 Å². The van der Waals surface area contributed by atoms with Gasteiger partial charge in [0.2, 0.25) is 5.91 Å². The maximum atomic E-state index is 12.8. The van der Waals surface area contributed by atoms with Gasteiger partial charge in [0.25, 0.3) is 5.91 Å². The van der Waals surface area contributed by atoms with E-state index in [0.29, 0.717) is 48.7 Å². The third kappa shape index (κ3) is 5.04. The number of hydrogen-bond donors (Lipinski definition) is 1. The Morgan fingerprint density at radius 1 is 0.875 bits per heavy atom. The second kappa shape index (κ2) is 9.93. The van der Waals surface area contributed by atoms with Crippen LogP contribution in [0.5, 0.6) is 0 Å². The maximum Gasteiger partial charge on any atom is 0.274 e. The molecule has 1 fully saturated rings. The molecule has 0 spiro atoms. The summed E-state index contributed by atoms with van der Waals surface area (Å²) in [7, 11) is 0. The smallest absolute Gasteiger partial charge is 0.274 e. The highest BCUT2D eigenvalue weighted by atomic mass is 16.2. The molecule has 1 aliphatic rings. The maximum absolute atomic E-state index is 12.8. The van der Waals surface area contributed by atoms with Crippen LogP contribution >= 0.6 is 0 Å². The van der Waals surface area contributed by atoms with Gasteiger partial charge < -0.3 is 10.2 Å². The molecule has 2 heterocycles. The predicted molar refractivity (Wildman–Crippen MR) is 119 cm³/mol. The lowest BCUT2D eigenvalue weighted by Crippen LogP contribution is -2.50. The molecule has 2 amide bonds. The summed E-state index contributed by atoms with van der Waals surface area (Å²) in [6.45, 7) is 2.34. The van der Waals surface area contributed by atoms with E-state index in [4.69, 9.17) is 0 Å². The van der Waals surface area contributed by atoms with Gasteiger partial charge in [-0.1, -0.05) is 42.5 Å². The molecular formula is C24H23N5O3. The van der Waals surface area contributed by atoms with E-state index in [9.17, 15) is 14.4 Å². The van der Waals surface area contributed by atoms with Gasteiger partial charge in [0, 0.05) is 49.7 Å². The quantitative estimate of drug-likeness (QED) is 0.603. The minimum atomic E-state index is -0.202. The Hall–Kier alpha value is -3.91. The van der Waals surface area contributed by atoms with Crippen molar-refractivity contribution in [1.29, 1.82) is 0 Å². The van der Waals surface area contributed by atoms with Crippen LogP contribution in [-0.2, 0) is 4.79 Å². The van der Waals surface area contributed by atoms with Crippen LogP contribution in [0.1, 0.15) is 26.4 Å². The zero-order valence-electron chi connectivity index (χ0n) is 17.5. The van der Waals surface area contributed by atoms with E-state index < -0.39 is 0 Å². The van der Waals surface area contributed by atoms with Crippen molar-refractivity contribution in [1.82, 2.24) is 19.8 Å². The van der Waals surface area contributed by atoms with Gasteiger partial charge in [-0.3, -0.25) is 24.3 Å². The Morgan fingerprint density at radius 2 is 1.59 bits per heavy atom. The molecule has 0 bridgehead atoms. The van der Waals surface area contributed by atoms with Crippen molar-refractivity contribution >= 4 is 23.3 Å². The number of nitrogens with zero attached hydrogens (tertiary/aromatic N) is 4. The Kier molecular flexibility index (Phi) is 6.62. The molecule has 162 valence electrons. The van der Waals surface area contributed by atoms with Crippen molar-refractivity contribution in [2.75, 3.05) is 38.0 Å². The number of carbonyl (C=O) groups is 3. The average molecular weight is 429 g/mol. The van der Waals surface area contributed by atoms with E-state index in [1.165, 1.54) is 18.6 Å². The van der Waals surface area contributed by atoms with Crippen molar-refractivity contribution in [3.63, 3.8) is 0 Å². The fraction of sp³-hybridized carbons (Fsp3) is 0.208. The highest BCUT2D eigenvalue weighted by Crippen LogP contribution is 2.19. The summed E-state index contributed by atoms with van der Waals surface area (Å²) in [5.74, 6) is -0.500. The number of benzene rings is 2. The van der Waals surface area contributed by atoms with Crippen LogP contribution < -0.4 is 5.32 Å². The van der Waals surface area contributed by atoms with Gasteiger partial charge in [0.05, 0.1) is 18.4 Å². The molecule has 1 N–H and O–H groups in total. The van der Waals surface area contributed by atoms with Crippen LogP contribution in [0, 0.1) is 0 Å². The lowest BCUT2D eigenvalue weighted by molar-refractivity contribution is -0.117. The summed E-state index contributed by atoms with van der Waals surface area (Å²) in [5.41, 5.74) is 1.82. The van der Waals surface area contributed by atoms with E-state index in [1.807, 2.05) is 23.1 Å². The lowest BCUT2D eigenvalue weighted by Gasteiger charge is -2.34. The summed E-state index contributed by atoms with van der Waals surface area (Å²) in [4.78, 5) is 49.7. The van der Waals surface area contributed by atoms with Crippen LogP contribution in [0.25, 0.3) is 0 Å². The van der Waals surface area contributed by atoms with Crippen molar-refractivity contribution in [3.05, 3.63) is 90.0 Å². The van der Waals surface area contributed by atoms with Crippen molar-refractivity contribution in [2.45, 2.75) is 0 Å². The first kappa shape index (κ1) is 21.3. The summed E-state index contributed by atoms with van der Waals surface area (Å²) in [6.07, 6.45) is 4.48. The van der Waals surface area contributed by atoms with Crippen LogP contribution in [0.3, 0.4) is 0 Å². The molecule has 2 aromatic carbocycles. The summed E-state index contributed by atoms with van der Waals surface area (Å²) < 4.78 is 0. The summed E-state index contributed by atoms with van der Waals surface area (Å²) in [6, 6.07) is 16.0. The first-order valence-electron chi connectivity index (χ1n) is 10.4. The molecule has 1 saturated heterocycles. The van der Waals surface area contributed by atoms with E-state index in [2.05, 4.69) is 15.3 Å². The second-order valence-corrected chi connectivity index (χ2v) is 7.45. The number of carbonyl (C=O) groups excluding carboxylic acids is 3. The molecule has 1 aliphatic heterocycles. The van der Waals surface area contributed by atoms with Crippen molar-refractivity contribution < 1.29 is 14.4 Å². The molecule has 8 nitrogen and oxygen atoms in total. The number of nitrogens with one attached hydrogen (secondary N) is 1. The molecule has 3 aromatic rings. The minimum Gasteiger partial charge on any atom is -0.335 e. The molecule has 0 unspecified atom stereocenters. The van der Waals surface area contributed by atoms with Gasteiger partial charge in [-0.15, -0.1) is 0 Å². The molecule has 0 radical (unpaired) electrons. The zero-order chi connectivity index (χ0) is 22.3. The van der Waals surface area contributed by atoms with Crippen molar-refractivity contribution in [3.8, 4) is 0 Å². The summed E-state index contributed by atoms with van der Waals surface area (Å²) in [5, 5.41) is 2.87. The highest BCUT2D eigenvalue weighted by molar-refractivity contribution is 6.13. The fourth-order valence-electron chi connectivity index (χ4n) is 3.61. The largest absolute Gasteiger partial charge is 0.335 e. The Balaban J connectivity index is 1.33. The molecule has 32 heavy (non-hydrogen) atoms. The Morgan fingerprint density at radius 3 is 2.31 bits per heavy atom. The number of piperazine rings is 1. The van der Waals surface area contributed by atoms with Gasteiger partial charge in [-0.25, -0.2) is 4.98 Å². The normalized spacial score (nSPS) is 14.1. The van der Waals surface area contributed by atoms with E-state index in [0.717, 1.165) is 0 Å². The molecular weight excluding hydrogens is 406 g/mol. The number of ketones is 1. The predicted octanol–water partition coefficient (Wildman–Crippen LogP) is 2.10. The van der Waals surface area contributed by atoms with Crippen LogP contribution in [0.15, 0.2) is 73.2 Å². The molecule has 4 rings (SSSR count). The molecule has 0 atom stereocenters. The topological polar surface area (TPSA) is 95.5 Å². The minimum absolute atomic E-state index is 0.141. The van der Waals surface area contributed by atoms with Crippen molar-refractivity contribution in [2.24, 2.45) is 0 Å². The second-order valence-electron chi connectivity index (χ2n) is 7.45. The number of anilines is 1. The van der Waals surface area contributed by atoms with Crippen LogP contribution in [-0.4, -0.2) is 70.1 Å². The monoisotopic (exact) mass is 429 g/mol. The Bertz CT molecular complexity index is 1100. The van der Waals surface area contributed by atoms with Gasteiger partial charge in [0.15, 0.2) is 5.78 Å². The van der Waals surface area contributed by atoms with E-state index in [-0.39, 0.29) is 24.1 Å². The molecule has 8 heteroatoms.